The van der Waals surface area contributed by atoms with Crippen LogP contribution in [0.1, 0.15) is 82.1 Å². The van der Waals surface area contributed by atoms with Crippen molar-refractivity contribution < 1.29 is 8.91 Å². The Kier molecular flexibility index (Phi) is 4.21. The second kappa shape index (κ2) is 8.03. The molecule has 35 heavy (non-hydrogen) atoms. The van der Waals surface area contributed by atoms with Gasteiger partial charge in [0.25, 0.3) is 5.91 Å². The smallest absolute Gasteiger partial charge is 0.254 e. The van der Waals surface area contributed by atoms with Gasteiger partial charge in [0.2, 0.25) is 0 Å². The van der Waals surface area contributed by atoms with Crippen molar-refractivity contribution in [2.24, 2.45) is 5.73 Å². The van der Waals surface area contributed by atoms with Crippen molar-refractivity contribution in [3.05, 3.63) is 77.1 Å². The van der Waals surface area contributed by atoms with Crippen molar-refractivity contribution in [2.45, 2.75) is 44.8 Å². The number of benzene rings is 2. The van der Waals surface area contributed by atoms with Gasteiger partial charge in [-0.05, 0) is 43.2 Å². The Hall–Kier alpha value is -4.02. The van der Waals surface area contributed by atoms with Crippen molar-refractivity contribution in [3.63, 3.8) is 0 Å². The molecule has 3 atom stereocenters. The zero-order valence-corrected chi connectivity index (χ0v) is 19.5. The van der Waals surface area contributed by atoms with Gasteiger partial charge in [0.05, 0.1) is 29.2 Å². The molecule has 1 amide bonds. The van der Waals surface area contributed by atoms with E-state index in [1.54, 1.807) is 31.5 Å². The summed E-state index contributed by atoms with van der Waals surface area (Å²) in [6, 6.07) is 10.0. The minimum Gasteiger partial charge on any atom is -0.331 e. The average Bonchev–Trinajstić information content (AvgIpc) is 3.40. The Balaban J connectivity index is 1.57. The predicted molar refractivity (Wildman–Crippen MR) is 135 cm³/mol. The summed E-state index contributed by atoms with van der Waals surface area (Å²) in [5.41, 5.74) is 11.2. The third-order valence-corrected chi connectivity index (χ3v) is 7.01. The average molecular weight is 466 g/mol. The monoisotopic (exact) mass is 465 g/mol. The first-order valence-corrected chi connectivity index (χ1v) is 11.7. The second-order valence-electron chi connectivity index (χ2n) is 8.97. The molecule has 2 aromatic heterocycles. The summed E-state index contributed by atoms with van der Waals surface area (Å²) in [4.78, 5) is 28.4. The van der Waals surface area contributed by atoms with Gasteiger partial charge in [-0.2, -0.15) is 0 Å². The highest BCUT2D eigenvalue weighted by Gasteiger charge is 2.44. The number of carbonyl (C=O) groups excluding carboxylic acids is 1. The van der Waals surface area contributed by atoms with Crippen LogP contribution in [0.25, 0.3) is 22.2 Å². The van der Waals surface area contributed by atoms with Crippen LogP contribution in [0.4, 0.5) is 0 Å². The van der Waals surface area contributed by atoms with Gasteiger partial charge in [-0.15, -0.1) is 5.92 Å². The van der Waals surface area contributed by atoms with Crippen molar-refractivity contribution >= 4 is 16.9 Å². The van der Waals surface area contributed by atoms with E-state index >= 15 is 0 Å². The Morgan fingerprint density at radius 3 is 2.77 bits per heavy atom. The molecule has 0 saturated carbocycles. The highest BCUT2D eigenvalue weighted by atomic mass is 16.2. The zero-order chi connectivity index (χ0) is 26.8. The molecule has 2 aliphatic rings. The van der Waals surface area contributed by atoms with Gasteiger partial charge in [-0.25, -0.2) is 15.0 Å². The molecule has 2 aliphatic heterocycles. The lowest BCUT2D eigenvalue weighted by molar-refractivity contribution is 0.0734. The normalized spacial score (nSPS) is 20.7. The first kappa shape index (κ1) is 18.3. The van der Waals surface area contributed by atoms with Crippen LogP contribution in [0, 0.1) is 11.8 Å². The molecule has 4 heterocycles. The highest BCUT2D eigenvalue weighted by Crippen LogP contribution is 2.48. The second-order valence-corrected chi connectivity index (χ2v) is 8.97. The predicted octanol–water partition coefficient (Wildman–Crippen LogP) is 4.39. The van der Waals surface area contributed by atoms with Crippen LogP contribution in [0.3, 0.4) is 0 Å². The molecule has 7 nitrogen and oxygen atoms in total. The van der Waals surface area contributed by atoms with Crippen LogP contribution in [-0.4, -0.2) is 37.3 Å². The molecule has 0 radical (unpaired) electrons. The summed E-state index contributed by atoms with van der Waals surface area (Å²) >= 11 is 0. The van der Waals surface area contributed by atoms with Crippen molar-refractivity contribution in [1.29, 1.82) is 0 Å². The molecule has 0 fully saturated rings. The number of hydrogen-bond acceptors (Lipinski definition) is 5. The van der Waals surface area contributed by atoms with Crippen LogP contribution < -0.4 is 5.73 Å². The first-order chi connectivity index (χ1) is 18.2. The van der Waals surface area contributed by atoms with Crippen LogP contribution in [-0.2, 0) is 0 Å². The summed E-state index contributed by atoms with van der Waals surface area (Å²) in [6.07, 6.45) is 4.69. The van der Waals surface area contributed by atoms with Gasteiger partial charge >= 0.3 is 0 Å². The molecular weight excluding hydrogens is 436 g/mol. The van der Waals surface area contributed by atoms with Crippen molar-refractivity contribution in [1.82, 2.24) is 24.4 Å². The SMILES string of the molecule is [2H]C([2H])([2H])N1C(=O)c2cccc(C#CC)c2[C@H]2C[C@@H]1c1nc3ccc(-c4cnc(C(N)CC)nc4)cc3n12. The molecule has 2 bridgehead atoms. The number of carbonyl (C=O) groups is 1. The van der Waals surface area contributed by atoms with E-state index in [0.29, 0.717) is 23.6 Å². The van der Waals surface area contributed by atoms with E-state index in [1.807, 2.05) is 31.2 Å². The molecule has 1 unspecified atom stereocenters. The minimum absolute atomic E-state index is 0.211. The minimum atomic E-state index is -2.63. The van der Waals surface area contributed by atoms with Gasteiger partial charge in [0.15, 0.2) is 0 Å². The molecule has 6 rings (SSSR count). The van der Waals surface area contributed by atoms with Crippen LogP contribution in [0.15, 0.2) is 48.8 Å². The lowest BCUT2D eigenvalue weighted by Crippen LogP contribution is -2.30. The third-order valence-electron chi connectivity index (χ3n) is 7.01. The summed E-state index contributed by atoms with van der Waals surface area (Å²) in [7, 11) is 0. The fraction of sp³-hybridized carbons (Fsp3) is 0.286. The number of amides is 1. The first-order valence-electron chi connectivity index (χ1n) is 13.2. The van der Waals surface area contributed by atoms with E-state index in [0.717, 1.165) is 44.6 Å². The number of aromatic nitrogens is 4. The number of fused-ring (bicyclic) bond motifs is 9. The zero-order valence-electron chi connectivity index (χ0n) is 22.5. The van der Waals surface area contributed by atoms with Crippen molar-refractivity contribution in [2.75, 3.05) is 6.98 Å². The fourth-order valence-electron chi connectivity index (χ4n) is 5.23. The maximum absolute atomic E-state index is 13.6. The van der Waals surface area contributed by atoms with Crippen LogP contribution >= 0.6 is 0 Å². The Bertz CT molecular complexity index is 1650. The van der Waals surface area contributed by atoms with Gasteiger partial charge in [-0.1, -0.05) is 25.0 Å². The molecular formula is C28H26N6O. The molecule has 0 aliphatic carbocycles. The van der Waals surface area contributed by atoms with E-state index in [-0.39, 0.29) is 12.1 Å². The molecule has 174 valence electrons. The highest BCUT2D eigenvalue weighted by molar-refractivity contribution is 5.98. The number of rotatable bonds is 3. The number of hydrogen-bond donors (Lipinski definition) is 1. The topological polar surface area (TPSA) is 89.9 Å². The number of imidazole rings is 1. The molecule has 4 aromatic rings. The van der Waals surface area contributed by atoms with E-state index in [1.165, 1.54) is 0 Å². The molecule has 0 saturated heterocycles. The molecule has 2 N–H and O–H groups in total. The van der Waals surface area contributed by atoms with E-state index < -0.39 is 18.9 Å². The fourth-order valence-corrected chi connectivity index (χ4v) is 5.23. The summed E-state index contributed by atoms with van der Waals surface area (Å²) in [5.74, 6) is 6.71. The summed E-state index contributed by atoms with van der Waals surface area (Å²) in [5, 5.41) is 0. The summed E-state index contributed by atoms with van der Waals surface area (Å²) in [6.45, 7) is 1.11. The van der Waals surface area contributed by atoms with E-state index in [9.17, 15) is 4.79 Å². The standard InChI is InChI=1S/C28H26N6O/c1-4-7-16-8-6-9-19-25(16)23-13-24(33(3)28(19)35)27-32-21-11-10-17(12-22(21)34(23)27)18-14-30-26(31-15-18)20(29)5-2/h6,8-12,14-15,20,23-24H,5,13,29H2,1-3H3/t20?,23-,24-/m1/s1/i3D3. The largest absolute Gasteiger partial charge is 0.331 e. The third kappa shape index (κ3) is 3.17. The van der Waals surface area contributed by atoms with Gasteiger partial charge in [0.1, 0.15) is 11.6 Å². The van der Waals surface area contributed by atoms with Crippen molar-refractivity contribution in [3.8, 4) is 23.0 Å². The lowest BCUT2D eigenvalue weighted by atomic mass is 9.93. The quantitative estimate of drug-likeness (QED) is 0.453. The van der Waals surface area contributed by atoms with E-state index in [2.05, 4.69) is 26.4 Å². The number of nitrogens with two attached hydrogens (primary N) is 1. The number of nitrogens with zero attached hydrogens (tertiary/aromatic N) is 5. The van der Waals surface area contributed by atoms with Gasteiger partial charge in [-0.3, -0.25) is 4.79 Å². The Morgan fingerprint density at radius 2 is 2.03 bits per heavy atom. The van der Waals surface area contributed by atoms with Gasteiger partial charge in [0, 0.05) is 52.2 Å². The molecule has 0 spiro atoms. The summed E-state index contributed by atoms with van der Waals surface area (Å²) < 4.78 is 26.7. The van der Waals surface area contributed by atoms with Gasteiger partial charge < -0.3 is 15.2 Å². The van der Waals surface area contributed by atoms with Crippen LogP contribution in [0.5, 0.6) is 0 Å². The maximum atomic E-state index is 13.6. The Morgan fingerprint density at radius 1 is 1.20 bits per heavy atom. The maximum Gasteiger partial charge on any atom is 0.254 e. The Labute approximate surface area is 208 Å². The van der Waals surface area contributed by atoms with Crippen LogP contribution in [0.2, 0.25) is 0 Å². The van der Waals surface area contributed by atoms with E-state index in [4.69, 9.17) is 14.8 Å². The molecule has 7 heteroatoms. The molecule has 2 aromatic carbocycles. The lowest BCUT2D eigenvalue weighted by Gasteiger charge is -2.24.